The van der Waals surface area contributed by atoms with Crippen molar-refractivity contribution in [3.63, 3.8) is 0 Å². The number of aliphatic imine (C=N–C) groups is 1. The second-order valence-electron chi connectivity index (χ2n) is 3.79. The smallest absolute Gasteiger partial charge is 0.246 e. The molecule has 110 valence electrons. The average molecular weight is 399 g/mol. The quantitative estimate of drug-likeness (QED) is 0.315. The van der Waals surface area contributed by atoms with E-state index in [9.17, 15) is 0 Å². The number of halogens is 1. The van der Waals surface area contributed by atoms with Crippen LogP contribution in [0.2, 0.25) is 0 Å². The van der Waals surface area contributed by atoms with Crippen LogP contribution in [0.5, 0.6) is 0 Å². The van der Waals surface area contributed by atoms with E-state index in [1.54, 1.807) is 14.0 Å². The second kappa shape index (κ2) is 11.3. The molecule has 6 nitrogen and oxygen atoms in total. The van der Waals surface area contributed by atoms with Gasteiger partial charge in [-0.05, 0) is 31.8 Å². The van der Waals surface area contributed by atoms with Gasteiger partial charge in [-0.2, -0.15) is 16.7 Å². The van der Waals surface area contributed by atoms with Gasteiger partial charge in [0, 0.05) is 13.6 Å². The van der Waals surface area contributed by atoms with E-state index in [0.29, 0.717) is 18.3 Å². The summed E-state index contributed by atoms with van der Waals surface area (Å²) in [6, 6.07) is 0. The Morgan fingerprint density at radius 3 is 2.74 bits per heavy atom. The largest absolute Gasteiger partial charge is 0.356 e. The van der Waals surface area contributed by atoms with Crippen LogP contribution in [0.25, 0.3) is 0 Å². The minimum Gasteiger partial charge on any atom is -0.356 e. The summed E-state index contributed by atoms with van der Waals surface area (Å²) in [4.78, 5) is 8.24. The highest BCUT2D eigenvalue weighted by Crippen LogP contribution is 1.98. The summed E-state index contributed by atoms with van der Waals surface area (Å²) in [5.74, 6) is 3.18. The van der Waals surface area contributed by atoms with Crippen molar-refractivity contribution < 1.29 is 4.52 Å². The van der Waals surface area contributed by atoms with Crippen molar-refractivity contribution >= 4 is 41.7 Å². The first-order valence-corrected chi connectivity index (χ1v) is 7.38. The fourth-order valence-electron chi connectivity index (χ4n) is 1.37. The summed E-state index contributed by atoms with van der Waals surface area (Å²) < 4.78 is 5.01. The lowest BCUT2D eigenvalue weighted by atomic mass is 10.3. The second-order valence-corrected chi connectivity index (χ2v) is 4.77. The lowest BCUT2D eigenvalue weighted by molar-refractivity contribution is 0.371. The zero-order chi connectivity index (χ0) is 13.2. The Kier molecular flexibility index (Phi) is 11.0. The molecule has 0 bridgehead atoms. The molecule has 1 aromatic heterocycles. The topological polar surface area (TPSA) is 75.3 Å². The van der Waals surface area contributed by atoms with Crippen LogP contribution in [0.3, 0.4) is 0 Å². The molecule has 0 saturated carbocycles. The first-order chi connectivity index (χ1) is 8.76. The molecule has 1 rings (SSSR count). The number of aromatic nitrogens is 2. The fraction of sp³-hybridized carbons (Fsp3) is 0.727. The number of rotatable bonds is 7. The molecular weight excluding hydrogens is 377 g/mol. The van der Waals surface area contributed by atoms with Crippen LogP contribution in [-0.2, 0) is 6.54 Å². The number of guanidine groups is 1. The molecule has 0 fully saturated rings. The van der Waals surface area contributed by atoms with Crippen molar-refractivity contribution in [2.45, 2.75) is 26.3 Å². The molecule has 0 amide bonds. The van der Waals surface area contributed by atoms with E-state index < -0.39 is 0 Å². The maximum absolute atomic E-state index is 5.01. The Hall–Kier alpha value is -0.510. The Bertz CT molecular complexity index is 372. The van der Waals surface area contributed by atoms with Crippen LogP contribution < -0.4 is 10.6 Å². The summed E-state index contributed by atoms with van der Waals surface area (Å²) in [6.45, 7) is 3.21. The molecule has 0 spiro atoms. The van der Waals surface area contributed by atoms with Gasteiger partial charge in [-0.15, -0.1) is 24.0 Å². The highest BCUT2D eigenvalue weighted by Gasteiger charge is 2.03. The third-order valence-corrected chi connectivity index (χ3v) is 2.96. The first kappa shape index (κ1) is 18.5. The maximum atomic E-state index is 5.01. The molecule has 2 N–H and O–H groups in total. The van der Waals surface area contributed by atoms with E-state index in [0.717, 1.165) is 18.9 Å². The van der Waals surface area contributed by atoms with Crippen molar-refractivity contribution in [3.8, 4) is 0 Å². The van der Waals surface area contributed by atoms with E-state index >= 15 is 0 Å². The summed E-state index contributed by atoms with van der Waals surface area (Å²) in [6.07, 6.45) is 4.48. The van der Waals surface area contributed by atoms with Crippen molar-refractivity contribution in [1.29, 1.82) is 0 Å². The summed E-state index contributed by atoms with van der Waals surface area (Å²) in [7, 11) is 1.75. The zero-order valence-electron chi connectivity index (χ0n) is 11.6. The normalized spacial score (nSPS) is 11.0. The van der Waals surface area contributed by atoms with Gasteiger partial charge in [0.15, 0.2) is 11.8 Å². The van der Waals surface area contributed by atoms with Crippen molar-refractivity contribution in [3.05, 3.63) is 11.7 Å². The first-order valence-electron chi connectivity index (χ1n) is 5.99. The van der Waals surface area contributed by atoms with E-state index in [1.807, 2.05) is 11.8 Å². The molecule has 0 aromatic carbocycles. The molecule has 0 aliphatic heterocycles. The van der Waals surface area contributed by atoms with Crippen LogP contribution in [-0.4, -0.2) is 41.7 Å². The summed E-state index contributed by atoms with van der Waals surface area (Å²) >= 11 is 1.87. The standard InChI is InChI=1S/C11H21N5OS.HI/c1-9-15-10(17-16-9)8-14-11(12-2)13-6-4-5-7-18-3;/h4-8H2,1-3H3,(H2,12,13,14);1H. The van der Waals surface area contributed by atoms with Crippen molar-refractivity contribution in [2.24, 2.45) is 4.99 Å². The van der Waals surface area contributed by atoms with Crippen LogP contribution in [0.15, 0.2) is 9.52 Å². The van der Waals surface area contributed by atoms with Gasteiger partial charge in [0.25, 0.3) is 0 Å². The Morgan fingerprint density at radius 2 is 2.16 bits per heavy atom. The Morgan fingerprint density at radius 1 is 1.37 bits per heavy atom. The van der Waals surface area contributed by atoms with Crippen LogP contribution >= 0.6 is 35.7 Å². The fourth-order valence-corrected chi connectivity index (χ4v) is 1.86. The lowest BCUT2D eigenvalue weighted by Gasteiger charge is -2.09. The van der Waals surface area contributed by atoms with Gasteiger partial charge in [0.2, 0.25) is 5.89 Å². The molecule has 0 saturated heterocycles. The minimum atomic E-state index is 0. The van der Waals surface area contributed by atoms with Crippen LogP contribution in [0, 0.1) is 6.92 Å². The Labute approximate surface area is 135 Å². The monoisotopic (exact) mass is 399 g/mol. The van der Waals surface area contributed by atoms with Gasteiger partial charge in [-0.3, -0.25) is 4.99 Å². The van der Waals surface area contributed by atoms with Gasteiger partial charge in [0.05, 0.1) is 6.54 Å². The highest BCUT2D eigenvalue weighted by molar-refractivity contribution is 14.0. The lowest BCUT2D eigenvalue weighted by Crippen LogP contribution is -2.37. The average Bonchev–Trinajstić information content (AvgIpc) is 2.78. The number of nitrogens with zero attached hydrogens (tertiary/aromatic N) is 3. The molecule has 1 aromatic rings. The predicted octanol–water partition coefficient (Wildman–Crippen LogP) is 1.80. The van der Waals surface area contributed by atoms with Crippen molar-refractivity contribution in [2.75, 3.05) is 25.6 Å². The third-order valence-electron chi connectivity index (χ3n) is 2.27. The van der Waals surface area contributed by atoms with E-state index in [4.69, 9.17) is 4.52 Å². The molecule has 1 heterocycles. The molecule has 0 unspecified atom stereocenters. The SMILES string of the molecule is CN=C(NCCCCSC)NCc1nc(C)no1.I. The number of hydrogen-bond donors (Lipinski definition) is 2. The van der Waals surface area contributed by atoms with Crippen LogP contribution in [0.1, 0.15) is 24.6 Å². The molecule has 19 heavy (non-hydrogen) atoms. The number of thioether (sulfide) groups is 1. The molecule has 0 aliphatic carbocycles. The minimum absolute atomic E-state index is 0. The summed E-state index contributed by atoms with van der Waals surface area (Å²) in [5, 5.41) is 10.1. The van der Waals surface area contributed by atoms with Gasteiger partial charge < -0.3 is 15.2 Å². The zero-order valence-corrected chi connectivity index (χ0v) is 14.7. The number of aryl methyl sites for hydroxylation is 1. The predicted molar refractivity (Wildman–Crippen MR) is 90.3 cm³/mol. The van der Waals surface area contributed by atoms with E-state index in [1.165, 1.54) is 12.2 Å². The third kappa shape index (κ3) is 8.30. The van der Waals surface area contributed by atoms with Gasteiger partial charge in [0.1, 0.15) is 0 Å². The van der Waals surface area contributed by atoms with Gasteiger partial charge in [-0.1, -0.05) is 5.16 Å². The molecular formula is C11H22IN5OS. The molecule has 8 heteroatoms. The highest BCUT2D eigenvalue weighted by atomic mass is 127. The van der Waals surface area contributed by atoms with E-state index in [-0.39, 0.29) is 24.0 Å². The maximum Gasteiger partial charge on any atom is 0.246 e. The number of hydrogen-bond acceptors (Lipinski definition) is 5. The number of unbranched alkanes of at least 4 members (excludes halogenated alkanes) is 1. The van der Waals surface area contributed by atoms with Crippen LogP contribution in [0.4, 0.5) is 0 Å². The number of nitrogens with one attached hydrogen (secondary N) is 2. The van der Waals surface area contributed by atoms with Gasteiger partial charge >= 0.3 is 0 Å². The van der Waals surface area contributed by atoms with Crippen molar-refractivity contribution in [1.82, 2.24) is 20.8 Å². The molecule has 0 atom stereocenters. The molecule has 0 radical (unpaired) electrons. The van der Waals surface area contributed by atoms with Gasteiger partial charge in [-0.25, -0.2) is 0 Å². The van der Waals surface area contributed by atoms with E-state index in [2.05, 4.69) is 32.0 Å². The summed E-state index contributed by atoms with van der Waals surface area (Å²) in [5.41, 5.74) is 0. The molecule has 0 aliphatic rings. The Balaban J connectivity index is 0.00000324.